The third-order valence-electron chi connectivity index (χ3n) is 5.08. The van der Waals surface area contributed by atoms with Crippen LogP contribution < -0.4 is 0 Å². The van der Waals surface area contributed by atoms with Gasteiger partial charge in [-0.1, -0.05) is 56.7 Å². The first-order valence-corrected chi connectivity index (χ1v) is 9.45. The molecule has 1 saturated heterocycles. The largest absolute Gasteiger partial charge is 0.491 e. The normalized spacial score (nSPS) is 19.2. The lowest BCUT2D eigenvalue weighted by molar-refractivity contribution is 0.00578. The van der Waals surface area contributed by atoms with Crippen LogP contribution >= 0.6 is 0 Å². The highest BCUT2D eigenvalue weighted by Crippen LogP contribution is 2.40. The lowest BCUT2D eigenvalue weighted by atomic mass is 9.72. The topological polar surface area (TPSA) is 18.5 Å². The summed E-state index contributed by atoms with van der Waals surface area (Å²) in [5, 5.41) is 0. The Morgan fingerprint density at radius 2 is 1.48 bits per heavy atom. The molecule has 0 atom stereocenters. The van der Waals surface area contributed by atoms with Crippen LogP contribution in [0.5, 0.6) is 0 Å². The fraction of sp³-hybridized carbons (Fsp3) is 0.545. The Hall–Kier alpha value is -1.50. The summed E-state index contributed by atoms with van der Waals surface area (Å²) < 4.78 is 12.6. The summed E-state index contributed by atoms with van der Waals surface area (Å²) in [6, 6.07) is 10.2. The van der Waals surface area contributed by atoms with Crippen LogP contribution in [0.15, 0.2) is 41.4 Å². The highest BCUT2D eigenvalue weighted by atomic mass is 16.7. The van der Waals surface area contributed by atoms with Gasteiger partial charge in [-0.25, -0.2) is 0 Å². The molecule has 1 fully saturated rings. The molecule has 0 N–H and O–H groups in total. The molecule has 2 rings (SSSR count). The molecule has 0 bridgehead atoms. The molecule has 3 heteroatoms. The van der Waals surface area contributed by atoms with Crippen molar-refractivity contribution in [2.24, 2.45) is 0 Å². The molecule has 0 saturated carbocycles. The van der Waals surface area contributed by atoms with Crippen LogP contribution in [-0.4, -0.2) is 18.3 Å². The van der Waals surface area contributed by atoms with E-state index in [4.69, 9.17) is 9.31 Å². The molecular formula is C22H31BO2. The Labute approximate surface area is 154 Å². The van der Waals surface area contributed by atoms with E-state index in [9.17, 15) is 0 Å². The molecule has 0 aliphatic carbocycles. The molecule has 0 radical (unpaired) electrons. The average molecular weight is 338 g/mol. The smallest absolute Gasteiger partial charge is 0.400 e. The van der Waals surface area contributed by atoms with E-state index in [0.717, 1.165) is 31.2 Å². The summed E-state index contributed by atoms with van der Waals surface area (Å²) in [6.07, 6.45) is 4.03. The number of allylic oxidation sites excluding steroid dienone is 2. The predicted octanol–water partition coefficient (Wildman–Crippen LogP) is 5.57. The molecule has 25 heavy (non-hydrogen) atoms. The minimum Gasteiger partial charge on any atom is -0.400 e. The highest BCUT2D eigenvalue weighted by Gasteiger charge is 2.52. The van der Waals surface area contributed by atoms with Gasteiger partial charge in [0.25, 0.3) is 0 Å². The number of hydrogen-bond acceptors (Lipinski definition) is 2. The van der Waals surface area contributed by atoms with Gasteiger partial charge in [-0.15, -0.1) is 0 Å². The highest BCUT2D eigenvalue weighted by molar-refractivity contribution is 6.55. The van der Waals surface area contributed by atoms with Crippen molar-refractivity contribution >= 4 is 7.12 Å². The monoisotopic (exact) mass is 338 g/mol. The van der Waals surface area contributed by atoms with Crippen LogP contribution in [0.4, 0.5) is 0 Å². The zero-order valence-corrected chi connectivity index (χ0v) is 16.6. The van der Waals surface area contributed by atoms with Gasteiger partial charge in [0.1, 0.15) is 0 Å². The molecule has 1 heterocycles. The predicted molar refractivity (Wildman–Crippen MR) is 106 cm³/mol. The van der Waals surface area contributed by atoms with Crippen LogP contribution in [0.25, 0.3) is 0 Å². The second-order valence-corrected chi connectivity index (χ2v) is 7.71. The first-order chi connectivity index (χ1) is 11.8. The Morgan fingerprint density at radius 3 is 2.00 bits per heavy atom. The average Bonchev–Trinajstić information content (AvgIpc) is 2.78. The minimum atomic E-state index is -0.319. The first kappa shape index (κ1) is 19.8. The van der Waals surface area contributed by atoms with Crippen molar-refractivity contribution in [2.45, 2.75) is 78.4 Å². The van der Waals surface area contributed by atoms with Crippen molar-refractivity contribution in [1.82, 2.24) is 0 Å². The Bertz CT molecular complexity index is 646. The van der Waals surface area contributed by atoms with Crippen molar-refractivity contribution in [3.05, 3.63) is 46.9 Å². The van der Waals surface area contributed by atoms with Gasteiger partial charge in [-0.3, -0.25) is 0 Å². The Kier molecular flexibility index (Phi) is 6.55. The number of benzene rings is 1. The third kappa shape index (κ3) is 4.78. The third-order valence-corrected chi connectivity index (χ3v) is 5.08. The quantitative estimate of drug-likeness (QED) is 0.516. The second-order valence-electron chi connectivity index (χ2n) is 7.71. The van der Waals surface area contributed by atoms with Gasteiger partial charge < -0.3 is 9.31 Å². The van der Waals surface area contributed by atoms with E-state index in [1.54, 1.807) is 0 Å². The maximum absolute atomic E-state index is 6.31. The summed E-state index contributed by atoms with van der Waals surface area (Å²) in [4.78, 5) is 0. The van der Waals surface area contributed by atoms with E-state index in [2.05, 4.69) is 53.4 Å². The van der Waals surface area contributed by atoms with Crippen LogP contribution in [-0.2, 0) is 9.31 Å². The molecule has 0 aromatic heterocycles. The molecule has 0 amide bonds. The van der Waals surface area contributed by atoms with E-state index in [-0.39, 0.29) is 18.3 Å². The fourth-order valence-electron chi connectivity index (χ4n) is 2.89. The van der Waals surface area contributed by atoms with E-state index in [1.165, 1.54) is 11.0 Å². The van der Waals surface area contributed by atoms with Crippen molar-refractivity contribution in [3.63, 3.8) is 0 Å². The maximum Gasteiger partial charge on any atom is 0.491 e. The zero-order chi connectivity index (χ0) is 18.5. The van der Waals surface area contributed by atoms with Crippen molar-refractivity contribution in [2.75, 3.05) is 0 Å². The fourth-order valence-corrected chi connectivity index (χ4v) is 2.89. The van der Waals surface area contributed by atoms with Gasteiger partial charge in [-0.05, 0) is 63.7 Å². The van der Waals surface area contributed by atoms with Gasteiger partial charge in [0.2, 0.25) is 0 Å². The van der Waals surface area contributed by atoms with Crippen LogP contribution in [0, 0.1) is 11.8 Å². The second kappa shape index (κ2) is 8.26. The van der Waals surface area contributed by atoms with E-state index >= 15 is 0 Å². The zero-order valence-electron chi connectivity index (χ0n) is 16.6. The molecule has 1 aromatic carbocycles. The number of rotatable bonds is 5. The molecule has 1 aliphatic heterocycles. The van der Waals surface area contributed by atoms with Crippen molar-refractivity contribution in [3.8, 4) is 11.8 Å². The van der Waals surface area contributed by atoms with Gasteiger partial charge in [0, 0.05) is 5.56 Å². The van der Waals surface area contributed by atoms with Crippen molar-refractivity contribution < 1.29 is 9.31 Å². The summed E-state index contributed by atoms with van der Waals surface area (Å²) in [6.45, 7) is 12.8. The lowest BCUT2D eigenvalue weighted by Gasteiger charge is -2.32. The van der Waals surface area contributed by atoms with Crippen LogP contribution in [0.1, 0.15) is 72.8 Å². The molecular weight excluding hydrogens is 307 g/mol. The molecule has 0 unspecified atom stereocenters. The van der Waals surface area contributed by atoms with Crippen LogP contribution in [0.3, 0.4) is 0 Å². The van der Waals surface area contributed by atoms with Crippen LogP contribution in [0.2, 0.25) is 0 Å². The van der Waals surface area contributed by atoms with Crippen molar-refractivity contribution in [1.29, 1.82) is 0 Å². The SMILES string of the molecule is CCC/C(C#Cc1ccccc1)=C(/CCC)B1OC(C)(C)C(C)(C)O1. The van der Waals surface area contributed by atoms with Gasteiger partial charge in [-0.2, -0.15) is 0 Å². The Balaban J connectivity index is 2.40. The van der Waals surface area contributed by atoms with Gasteiger partial charge >= 0.3 is 7.12 Å². The Morgan fingerprint density at radius 1 is 0.920 bits per heavy atom. The van der Waals surface area contributed by atoms with E-state index in [0.29, 0.717) is 0 Å². The minimum absolute atomic E-state index is 0.295. The molecule has 0 spiro atoms. The summed E-state index contributed by atoms with van der Waals surface area (Å²) in [7, 11) is -0.295. The molecule has 1 aliphatic rings. The van der Waals surface area contributed by atoms with E-state index in [1.807, 2.05) is 30.3 Å². The lowest BCUT2D eigenvalue weighted by Crippen LogP contribution is -2.41. The maximum atomic E-state index is 6.31. The molecule has 1 aromatic rings. The first-order valence-electron chi connectivity index (χ1n) is 9.45. The molecule has 2 nitrogen and oxygen atoms in total. The number of hydrogen-bond donors (Lipinski definition) is 0. The summed E-state index contributed by atoms with van der Waals surface area (Å²) in [5.74, 6) is 6.74. The standard InChI is InChI=1S/C22H31BO2/c1-7-12-19(17-16-18-14-10-9-11-15-18)20(13-8-2)23-24-21(3,4)22(5,6)25-23/h9-11,14-15H,7-8,12-13H2,1-6H3/b20-19+. The van der Waals surface area contributed by atoms with Gasteiger partial charge in [0.15, 0.2) is 0 Å². The molecule has 134 valence electrons. The summed E-state index contributed by atoms with van der Waals surface area (Å²) in [5.41, 5.74) is 2.79. The summed E-state index contributed by atoms with van der Waals surface area (Å²) >= 11 is 0. The van der Waals surface area contributed by atoms with Gasteiger partial charge in [0.05, 0.1) is 11.2 Å². The van der Waals surface area contributed by atoms with E-state index < -0.39 is 0 Å².